The molecule has 8 nitrogen and oxygen atoms in total. The van der Waals surface area contributed by atoms with Crippen LogP contribution in [0.15, 0.2) is 54.9 Å². The molecule has 0 unspecified atom stereocenters. The van der Waals surface area contributed by atoms with Gasteiger partial charge in [0.05, 0.1) is 0 Å². The molecule has 1 radical (unpaired) electrons. The molecule has 9 heteroatoms. The van der Waals surface area contributed by atoms with Gasteiger partial charge in [-0.2, -0.15) is 0 Å². The molecule has 0 saturated carbocycles. The van der Waals surface area contributed by atoms with Crippen LogP contribution in [0.1, 0.15) is 5.56 Å². The van der Waals surface area contributed by atoms with E-state index in [0.29, 0.717) is 41.8 Å². The predicted octanol–water partition coefficient (Wildman–Crippen LogP) is 1.03. The number of fused-ring (bicyclic) bond motifs is 1. The molecule has 0 spiro atoms. The van der Waals surface area contributed by atoms with Gasteiger partial charge in [-0.15, -0.1) is 0 Å². The standard InChI is InChI=1S/C23H19AsN7O/c25-12-16-10-22(26)28-14-18(16)20-11-21(30-23(29-20)31-5-7-32-8-6-31)24-17-9-15-3-1-2-4-19(15)27-13-17/h1-4,9-11,13-14H,5-8H2,(H2,26,28). The molecule has 1 fully saturated rings. The van der Waals surface area contributed by atoms with E-state index >= 15 is 0 Å². The quantitative estimate of drug-likeness (QED) is 0.428. The summed E-state index contributed by atoms with van der Waals surface area (Å²) < 4.78 is 7.57. The summed E-state index contributed by atoms with van der Waals surface area (Å²) in [7, 11) is 0. The molecule has 3 aromatic heterocycles. The summed E-state index contributed by atoms with van der Waals surface area (Å²) in [5.74, 6) is 0.951. The molecular weight excluding hydrogens is 465 g/mol. The number of ether oxygens (including phenoxy) is 1. The van der Waals surface area contributed by atoms with Crippen LogP contribution in [0.5, 0.6) is 0 Å². The fourth-order valence-electron chi connectivity index (χ4n) is 3.54. The van der Waals surface area contributed by atoms with Crippen molar-refractivity contribution in [1.82, 2.24) is 19.9 Å². The molecule has 2 N–H and O–H groups in total. The van der Waals surface area contributed by atoms with Crippen LogP contribution in [0, 0.1) is 11.3 Å². The van der Waals surface area contributed by atoms with E-state index in [1.807, 2.05) is 30.5 Å². The SMILES string of the molecule is N#Cc1cc(N)ncc1-c1cc([As]c2cnc3ccccc3c2)nc(N2CCOCC2)n1. The molecule has 0 atom stereocenters. The van der Waals surface area contributed by atoms with Crippen molar-refractivity contribution in [3.63, 3.8) is 0 Å². The van der Waals surface area contributed by atoms with Crippen LogP contribution in [-0.4, -0.2) is 62.0 Å². The topological polar surface area (TPSA) is 114 Å². The van der Waals surface area contributed by atoms with Crippen molar-refractivity contribution in [2.75, 3.05) is 36.9 Å². The first-order valence-corrected chi connectivity index (χ1v) is 12.0. The number of nitriles is 1. The van der Waals surface area contributed by atoms with Crippen molar-refractivity contribution in [2.24, 2.45) is 0 Å². The maximum atomic E-state index is 9.62. The number of nitrogens with two attached hydrogens (primary N) is 1. The van der Waals surface area contributed by atoms with Crippen LogP contribution in [-0.2, 0) is 4.74 Å². The number of morpholine rings is 1. The van der Waals surface area contributed by atoms with E-state index in [-0.39, 0.29) is 0 Å². The predicted molar refractivity (Wildman–Crippen MR) is 124 cm³/mol. The normalized spacial score (nSPS) is 14.2. The Bertz CT molecular complexity index is 1330. The van der Waals surface area contributed by atoms with Gasteiger partial charge in [0.1, 0.15) is 0 Å². The van der Waals surface area contributed by atoms with Crippen molar-refractivity contribution in [3.8, 4) is 17.3 Å². The molecule has 0 bridgehead atoms. The summed E-state index contributed by atoms with van der Waals surface area (Å²) in [6.45, 7) is 2.72. The van der Waals surface area contributed by atoms with Crippen LogP contribution >= 0.6 is 0 Å². The van der Waals surface area contributed by atoms with E-state index in [4.69, 9.17) is 20.4 Å². The third-order valence-electron chi connectivity index (χ3n) is 5.14. The zero-order valence-corrected chi connectivity index (χ0v) is 19.0. The number of para-hydroxylation sites is 1. The molecule has 5 rings (SSSR count). The summed E-state index contributed by atoms with van der Waals surface area (Å²) >= 11 is -0.436. The molecule has 1 aliphatic rings. The molecule has 1 aliphatic heterocycles. The minimum absolute atomic E-state index is 0.307. The van der Waals surface area contributed by atoms with E-state index in [1.165, 1.54) is 0 Å². The first-order chi connectivity index (χ1) is 15.7. The number of rotatable bonds is 4. The van der Waals surface area contributed by atoms with Crippen molar-refractivity contribution in [1.29, 1.82) is 5.26 Å². The number of hydrogen-bond acceptors (Lipinski definition) is 8. The summed E-state index contributed by atoms with van der Waals surface area (Å²) in [4.78, 5) is 20.6. The average molecular weight is 484 g/mol. The van der Waals surface area contributed by atoms with Crippen LogP contribution in [0.25, 0.3) is 22.2 Å². The molecule has 157 valence electrons. The summed E-state index contributed by atoms with van der Waals surface area (Å²) in [5, 5.41) is 10.7. The summed E-state index contributed by atoms with van der Waals surface area (Å²) in [6, 6.07) is 16.0. The van der Waals surface area contributed by atoms with Gasteiger partial charge >= 0.3 is 192 Å². The number of nitrogen functional groups attached to an aromatic ring is 1. The van der Waals surface area contributed by atoms with Gasteiger partial charge in [-0.1, -0.05) is 0 Å². The zero-order chi connectivity index (χ0) is 21.9. The van der Waals surface area contributed by atoms with Gasteiger partial charge in [0.2, 0.25) is 0 Å². The van der Waals surface area contributed by atoms with Gasteiger partial charge in [0.15, 0.2) is 0 Å². The van der Waals surface area contributed by atoms with Crippen LogP contribution in [0.3, 0.4) is 0 Å². The number of nitrogens with zero attached hydrogens (tertiary/aromatic N) is 6. The van der Waals surface area contributed by atoms with Gasteiger partial charge in [0, 0.05) is 0 Å². The van der Waals surface area contributed by atoms with E-state index in [1.54, 1.807) is 12.3 Å². The van der Waals surface area contributed by atoms with Gasteiger partial charge in [-0.05, 0) is 0 Å². The van der Waals surface area contributed by atoms with Crippen molar-refractivity contribution < 1.29 is 4.74 Å². The molecule has 0 aliphatic carbocycles. The van der Waals surface area contributed by atoms with Crippen LogP contribution < -0.4 is 19.5 Å². The number of hydrogen-bond donors (Lipinski definition) is 1. The van der Waals surface area contributed by atoms with Gasteiger partial charge in [0.25, 0.3) is 0 Å². The first kappa shape index (κ1) is 20.4. The Morgan fingerprint density at radius 1 is 1.03 bits per heavy atom. The monoisotopic (exact) mass is 484 g/mol. The van der Waals surface area contributed by atoms with E-state index in [9.17, 15) is 5.26 Å². The molecule has 32 heavy (non-hydrogen) atoms. The Labute approximate surface area is 191 Å². The second-order valence-corrected chi connectivity index (χ2v) is 9.79. The number of pyridine rings is 2. The molecule has 4 aromatic rings. The molecule has 0 amide bonds. The molecule has 1 saturated heterocycles. The van der Waals surface area contributed by atoms with Crippen molar-refractivity contribution >= 4 is 47.3 Å². The fraction of sp³-hybridized carbons (Fsp3) is 0.174. The Hall–Kier alpha value is -3.53. The van der Waals surface area contributed by atoms with E-state index < -0.39 is 15.8 Å². The van der Waals surface area contributed by atoms with Crippen molar-refractivity contribution in [2.45, 2.75) is 0 Å². The van der Waals surface area contributed by atoms with E-state index in [2.05, 4.69) is 33.1 Å². The van der Waals surface area contributed by atoms with Gasteiger partial charge in [-0.3, -0.25) is 0 Å². The molecule has 4 heterocycles. The van der Waals surface area contributed by atoms with Gasteiger partial charge < -0.3 is 0 Å². The Morgan fingerprint density at radius 2 is 1.88 bits per heavy atom. The summed E-state index contributed by atoms with van der Waals surface area (Å²) in [6.07, 6.45) is 3.53. The Balaban J connectivity index is 1.58. The summed E-state index contributed by atoms with van der Waals surface area (Å²) in [5.41, 5.74) is 8.52. The minimum atomic E-state index is -0.436. The van der Waals surface area contributed by atoms with Crippen molar-refractivity contribution in [3.05, 3.63) is 60.4 Å². The second kappa shape index (κ2) is 8.91. The average Bonchev–Trinajstić information content (AvgIpc) is 2.84. The Morgan fingerprint density at radius 3 is 2.72 bits per heavy atom. The van der Waals surface area contributed by atoms with Crippen LogP contribution in [0.4, 0.5) is 11.8 Å². The second-order valence-electron chi connectivity index (χ2n) is 7.28. The van der Waals surface area contributed by atoms with Crippen LogP contribution in [0.2, 0.25) is 0 Å². The zero-order valence-electron chi connectivity index (χ0n) is 17.1. The van der Waals surface area contributed by atoms with Gasteiger partial charge in [-0.25, -0.2) is 0 Å². The number of anilines is 2. The first-order valence-electron chi connectivity index (χ1n) is 10.1. The molecule has 1 aromatic carbocycles. The van der Waals surface area contributed by atoms with E-state index in [0.717, 1.165) is 32.8 Å². The maximum absolute atomic E-state index is 9.62. The molecular formula is C23H19AsN7O. The third kappa shape index (κ3) is 4.26. The third-order valence-corrected chi connectivity index (χ3v) is 7.15. The fourth-order valence-corrected chi connectivity index (χ4v) is 5.45. The number of benzene rings is 1. The number of aromatic nitrogens is 4. The Kier molecular flexibility index (Phi) is 5.67.